The van der Waals surface area contributed by atoms with Crippen molar-refractivity contribution in [2.75, 3.05) is 31.6 Å². The molecule has 3 heterocycles. The summed E-state index contributed by atoms with van der Waals surface area (Å²) >= 11 is 0. The summed E-state index contributed by atoms with van der Waals surface area (Å²) in [4.78, 5) is 27.4. The van der Waals surface area contributed by atoms with Gasteiger partial charge in [-0.15, -0.1) is 0 Å². The molecule has 6 heteroatoms. The number of benzene rings is 2. The molecule has 2 aliphatic heterocycles. The van der Waals surface area contributed by atoms with Gasteiger partial charge in [0.25, 0.3) is 5.91 Å². The molecule has 1 unspecified atom stereocenters. The van der Waals surface area contributed by atoms with E-state index in [0.29, 0.717) is 24.4 Å². The quantitative estimate of drug-likeness (QED) is 0.587. The smallest absolute Gasteiger partial charge is 0.254 e. The van der Waals surface area contributed by atoms with Gasteiger partial charge < -0.3 is 14.5 Å². The van der Waals surface area contributed by atoms with Crippen LogP contribution in [0.25, 0.3) is 0 Å². The van der Waals surface area contributed by atoms with E-state index in [4.69, 9.17) is 14.7 Å². The van der Waals surface area contributed by atoms with Gasteiger partial charge in [0.15, 0.2) is 0 Å². The van der Waals surface area contributed by atoms with Crippen molar-refractivity contribution in [1.82, 2.24) is 14.9 Å². The fourth-order valence-corrected chi connectivity index (χ4v) is 4.94. The number of carbonyl (C=O) groups is 1. The highest BCUT2D eigenvalue weighted by Gasteiger charge is 2.32. The average molecular weight is 443 g/mol. The molecular formula is C27H30N4O2. The molecule has 0 bridgehead atoms. The van der Waals surface area contributed by atoms with Gasteiger partial charge in [-0.05, 0) is 49.9 Å². The number of fused-ring (bicyclic) bond motifs is 1. The zero-order valence-corrected chi connectivity index (χ0v) is 19.3. The molecule has 0 N–H and O–H groups in total. The Balaban J connectivity index is 1.36. The number of likely N-dealkylation sites (tertiary alicyclic amines) is 1. The SMILES string of the molecule is COc1cccc(C(=O)N2CCC(c3nc(C)c4c(n3)N(Cc3ccccc3)CCC4)C2)c1. The van der Waals surface area contributed by atoms with E-state index in [-0.39, 0.29) is 11.8 Å². The van der Waals surface area contributed by atoms with Gasteiger partial charge in [-0.1, -0.05) is 36.4 Å². The lowest BCUT2D eigenvalue weighted by molar-refractivity contribution is 0.0790. The number of amides is 1. The van der Waals surface area contributed by atoms with Gasteiger partial charge in [-0.2, -0.15) is 0 Å². The van der Waals surface area contributed by atoms with Crippen molar-refractivity contribution in [3.63, 3.8) is 0 Å². The van der Waals surface area contributed by atoms with Crippen molar-refractivity contribution >= 4 is 11.7 Å². The van der Waals surface area contributed by atoms with E-state index < -0.39 is 0 Å². The Morgan fingerprint density at radius 3 is 2.76 bits per heavy atom. The summed E-state index contributed by atoms with van der Waals surface area (Å²) in [6.45, 7) is 5.32. The van der Waals surface area contributed by atoms with E-state index >= 15 is 0 Å². The lowest BCUT2D eigenvalue weighted by atomic mass is 10.0. The molecule has 1 aromatic heterocycles. The maximum Gasteiger partial charge on any atom is 0.254 e. The number of aromatic nitrogens is 2. The molecule has 1 saturated heterocycles. The van der Waals surface area contributed by atoms with Gasteiger partial charge in [0.2, 0.25) is 0 Å². The minimum atomic E-state index is 0.0387. The largest absolute Gasteiger partial charge is 0.497 e. The fraction of sp³-hybridized carbons (Fsp3) is 0.370. The third kappa shape index (κ3) is 4.42. The Bertz CT molecular complexity index is 1150. The summed E-state index contributed by atoms with van der Waals surface area (Å²) < 4.78 is 5.28. The van der Waals surface area contributed by atoms with E-state index in [2.05, 4.69) is 42.2 Å². The van der Waals surface area contributed by atoms with E-state index in [9.17, 15) is 4.79 Å². The van der Waals surface area contributed by atoms with Crippen molar-refractivity contribution in [2.24, 2.45) is 0 Å². The molecule has 1 amide bonds. The van der Waals surface area contributed by atoms with Crippen molar-refractivity contribution in [1.29, 1.82) is 0 Å². The van der Waals surface area contributed by atoms with Crippen molar-refractivity contribution < 1.29 is 9.53 Å². The van der Waals surface area contributed by atoms with Gasteiger partial charge in [0.05, 0.1) is 7.11 Å². The number of hydrogen-bond donors (Lipinski definition) is 0. The topological polar surface area (TPSA) is 58.6 Å². The minimum Gasteiger partial charge on any atom is -0.497 e. The fourth-order valence-electron chi connectivity index (χ4n) is 4.94. The molecule has 0 spiro atoms. The molecule has 0 radical (unpaired) electrons. The Morgan fingerprint density at radius 2 is 1.94 bits per heavy atom. The Hall–Kier alpha value is -3.41. The van der Waals surface area contributed by atoms with Crippen molar-refractivity contribution in [3.05, 3.63) is 82.8 Å². The Morgan fingerprint density at radius 1 is 1.09 bits per heavy atom. The summed E-state index contributed by atoms with van der Waals surface area (Å²) in [5.41, 5.74) is 4.29. The third-order valence-corrected chi connectivity index (χ3v) is 6.74. The number of ether oxygens (including phenoxy) is 1. The molecule has 6 nitrogen and oxygen atoms in total. The maximum absolute atomic E-state index is 13.1. The van der Waals surface area contributed by atoms with Crippen LogP contribution in [0, 0.1) is 6.92 Å². The number of hydrogen-bond acceptors (Lipinski definition) is 5. The molecule has 1 atom stereocenters. The third-order valence-electron chi connectivity index (χ3n) is 6.74. The van der Waals surface area contributed by atoms with Gasteiger partial charge in [-0.3, -0.25) is 4.79 Å². The first kappa shape index (κ1) is 21.4. The predicted octanol–water partition coefficient (Wildman–Crippen LogP) is 4.38. The second kappa shape index (κ2) is 9.22. The van der Waals surface area contributed by atoms with Crippen LogP contribution >= 0.6 is 0 Å². The van der Waals surface area contributed by atoms with Crippen LogP contribution in [-0.4, -0.2) is 47.5 Å². The second-order valence-corrected chi connectivity index (χ2v) is 8.95. The van der Waals surface area contributed by atoms with Crippen molar-refractivity contribution in [2.45, 2.75) is 38.6 Å². The second-order valence-electron chi connectivity index (χ2n) is 8.95. The molecule has 33 heavy (non-hydrogen) atoms. The zero-order chi connectivity index (χ0) is 22.8. The summed E-state index contributed by atoms with van der Waals surface area (Å²) in [5.74, 6) is 2.84. The van der Waals surface area contributed by atoms with Crippen LogP contribution in [0.2, 0.25) is 0 Å². The van der Waals surface area contributed by atoms with Crippen LogP contribution in [0.1, 0.15) is 51.8 Å². The molecule has 1 fully saturated rings. The Labute approximate surface area is 195 Å². The lowest BCUT2D eigenvalue weighted by Gasteiger charge is -2.31. The highest BCUT2D eigenvalue weighted by molar-refractivity contribution is 5.94. The van der Waals surface area contributed by atoms with Gasteiger partial charge in [0, 0.05) is 48.9 Å². The number of rotatable bonds is 5. The molecule has 2 aliphatic rings. The zero-order valence-electron chi connectivity index (χ0n) is 19.3. The van der Waals surface area contributed by atoms with E-state index in [1.165, 1.54) is 11.1 Å². The van der Waals surface area contributed by atoms with Crippen LogP contribution in [0.15, 0.2) is 54.6 Å². The molecule has 2 aromatic carbocycles. The number of nitrogens with zero attached hydrogens (tertiary/aromatic N) is 4. The highest BCUT2D eigenvalue weighted by atomic mass is 16.5. The van der Waals surface area contributed by atoms with Crippen LogP contribution in [-0.2, 0) is 13.0 Å². The van der Waals surface area contributed by atoms with Crippen LogP contribution in [0.5, 0.6) is 5.75 Å². The van der Waals surface area contributed by atoms with Crippen molar-refractivity contribution in [3.8, 4) is 5.75 Å². The Kier molecular flexibility index (Phi) is 5.99. The van der Waals surface area contributed by atoms with E-state index in [1.807, 2.05) is 23.1 Å². The summed E-state index contributed by atoms with van der Waals surface area (Å²) in [7, 11) is 1.62. The number of aryl methyl sites for hydroxylation is 1. The summed E-state index contributed by atoms with van der Waals surface area (Å²) in [5, 5.41) is 0. The van der Waals surface area contributed by atoms with Crippen LogP contribution in [0.3, 0.4) is 0 Å². The van der Waals surface area contributed by atoms with E-state index in [0.717, 1.165) is 49.7 Å². The van der Waals surface area contributed by atoms with Crippen LogP contribution in [0.4, 0.5) is 5.82 Å². The normalized spacial score (nSPS) is 17.7. The lowest BCUT2D eigenvalue weighted by Crippen LogP contribution is -2.32. The first-order chi connectivity index (χ1) is 16.1. The number of anilines is 1. The van der Waals surface area contributed by atoms with Gasteiger partial charge >= 0.3 is 0 Å². The molecule has 170 valence electrons. The first-order valence-corrected chi connectivity index (χ1v) is 11.7. The number of methoxy groups -OCH3 is 1. The minimum absolute atomic E-state index is 0.0387. The molecule has 3 aromatic rings. The standard InChI is InChI=1S/C27H30N4O2/c1-19-24-12-7-14-30(17-20-8-4-3-5-9-20)26(24)29-25(28-19)22-13-15-31(18-22)27(32)21-10-6-11-23(16-21)33-2/h3-6,8-11,16,22H,7,12-15,17-18H2,1-2H3. The molecule has 0 aliphatic carbocycles. The van der Waals surface area contributed by atoms with Crippen LogP contribution < -0.4 is 9.64 Å². The van der Waals surface area contributed by atoms with Gasteiger partial charge in [-0.25, -0.2) is 9.97 Å². The monoisotopic (exact) mass is 442 g/mol. The predicted molar refractivity (Wildman–Crippen MR) is 129 cm³/mol. The van der Waals surface area contributed by atoms with Gasteiger partial charge in [0.1, 0.15) is 17.4 Å². The molecule has 5 rings (SSSR count). The summed E-state index contributed by atoms with van der Waals surface area (Å²) in [6.07, 6.45) is 3.03. The average Bonchev–Trinajstić information content (AvgIpc) is 3.35. The maximum atomic E-state index is 13.1. The highest BCUT2D eigenvalue weighted by Crippen LogP contribution is 2.33. The first-order valence-electron chi connectivity index (χ1n) is 11.7. The van der Waals surface area contributed by atoms with E-state index in [1.54, 1.807) is 13.2 Å². The number of carbonyl (C=O) groups excluding carboxylic acids is 1. The molecular weight excluding hydrogens is 412 g/mol. The molecule has 0 saturated carbocycles. The summed E-state index contributed by atoms with van der Waals surface area (Å²) in [6, 6.07) is 17.9.